The third-order valence-corrected chi connectivity index (χ3v) is 3.75. The number of hydrogen-bond donors (Lipinski definition) is 2. The molecule has 2 aliphatic rings. The Morgan fingerprint density at radius 2 is 2.38 bits per heavy atom. The second-order valence-electron chi connectivity index (χ2n) is 3.98. The van der Waals surface area contributed by atoms with Crippen LogP contribution in [0, 0.1) is 0 Å². The highest BCUT2D eigenvalue weighted by Crippen LogP contribution is 2.27. The Kier molecular flexibility index (Phi) is 2.80. The van der Waals surface area contributed by atoms with Gasteiger partial charge in [0.05, 0.1) is 11.4 Å². The van der Waals surface area contributed by atoms with Crippen LogP contribution in [0.2, 0.25) is 0 Å². The first kappa shape index (κ1) is 10.1. The summed E-state index contributed by atoms with van der Waals surface area (Å²) in [5, 5.41) is 3.44. The molecule has 0 saturated heterocycles. The molecule has 0 spiro atoms. The number of nitrogens with zero attached hydrogens (tertiary/aromatic N) is 2. The van der Waals surface area contributed by atoms with Crippen LogP contribution in [-0.2, 0) is 0 Å². The topological polar surface area (TPSA) is 40.0 Å². The third-order valence-electron chi connectivity index (χ3n) is 2.92. The zero-order valence-corrected chi connectivity index (χ0v) is 9.89. The molecule has 3 heterocycles. The molecule has 0 saturated carbocycles. The van der Waals surface area contributed by atoms with Crippen molar-refractivity contribution in [3.63, 3.8) is 0 Å². The smallest absolute Gasteiger partial charge is 0.277 e. The molecule has 84 valence electrons. The van der Waals surface area contributed by atoms with Crippen LogP contribution in [0.3, 0.4) is 0 Å². The molecule has 0 unspecified atom stereocenters. The maximum atomic E-state index is 4.51. The molecule has 2 N–H and O–H groups in total. The summed E-state index contributed by atoms with van der Waals surface area (Å²) in [7, 11) is 0. The van der Waals surface area contributed by atoms with E-state index in [-0.39, 0.29) is 0 Å². The molecule has 5 heteroatoms. The lowest BCUT2D eigenvalue weighted by molar-refractivity contribution is -0.456. The van der Waals surface area contributed by atoms with Crippen LogP contribution in [0.5, 0.6) is 0 Å². The lowest BCUT2D eigenvalue weighted by Gasteiger charge is -2.21. The summed E-state index contributed by atoms with van der Waals surface area (Å²) >= 11 is 1.65. The summed E-state index contributed by atoms with van der Waals surface area (Å²) in [6.45, 7) is 1.89. The number of aromatic nitrogens is 1. The van der Waals surface area contributed by atoms with E-state index in [4.69, 9.17) is 0 Å². The summed E-state index contributed by atoms with van der Waals surface area (Å²) in [5.74, 6) is 2.39. The van der Waals surface area contributed by atoms with Crippen LogP contribution in [0.25, 0.3) is 0 Å². The average molecular weight is 235 g/mol. The first-order valence-corrected chi connectivity index (χ1v) is 6.49. The van der Waals surface area contributed by atoms with Crippen molar-refractivity contribution in [2.75, 3.05) is 13.2 Å². The minimum atomic E-state index is 0.810. The Balaban J connectivity index is 2.11. The molecule has 0 amide bonds. The summed E-state index contributed by atoms with van der Waals surface area (Å²) in [4.78, 5) is 5.72. The van der Waals surface area contributed by atoms with Crippen molar-refractivity contribution in [1.29, 1.82) is 0 Å². The van der Waals surface area contributed by atoms with Crippen molar-refractivity contribution in [3.05, 3.63) is 18.3 Å². The van der Waals surface area contributed by atoms with Crippen molar-refractivity contribution in [2.24, 2.45) is 0 Å². The molecule has 1 aromatic rings. The molecular formula is C11H15N4S+. The van der Waals surface area contributed by atoms with Gasteiger partial charge in [0.25, 0.3) is 5.82 Å². The SMILES string of the molecule is c1cnc2c(c1)SNCNC1=[N+]2CCCC1. The van der Waals surface area contributed by atoms with E-state index in [9.17, 15) is 0 Å². The predicted octanol–water partition coefficient (Wildman–Crippen LogP) is 1.47. The Labute approximate surface area is 99.3 Å². The van der Waals surface area contributed by atoms with Gasteiger partial charge in [-0.2, -0.15) is 0 Å². The first-order chi connectivity index (χ1) is 7.95. The normalized spacial score (nSPS) is 20.2. The van der Waals surface area contributed by atoms with Crippen molar-refractivity contribution in [1.82, 2.24) is 15.0 Å². The van der Waals surface area contributed by atoms with Crippen molar-refractivity contribution >= 4 is 23.6 Å². The Hall–Kier alpha value is -1.07. The van der Waals surface area contributed by atoms with E-state index < -0.39 is 0 Å². The second-order valence-corrected chi connectivity index (χ2v) is 4.91. The van der Waals surface area contributed by atoms with Gasteiger partial charge in [0, 0.05) is 6.42 Å². The van der Waals surface area contributed by atoms with Gasteiger partial charge in [0.15, 0.2) is 5.84 Å². The highest BCUT2D eigenvalue weighted by Gasteiger charge is 2.24. The molecule has 2 aliphatic heterocycles. The lowest BCUT2D eigenvalue weighted by atomic mass is 10.1. The van der Waals surface area contributed by atoms with Crippen molar-refractivity contribution in [3.8, 4) is 0 Å². The number of nitrogens with one attached hydrogen (secondary N) is 2. The van der Waals surface area contributed by atoms with Crippen LogP contribution in [0.15, 0.2) is 23.2 Å². The third kappa shape index (κ3) is 1.81. The molecule has 0 fully saturated rings. The zero-order chi connectivity index (χ0) is 10.8. The largest absolute Gasteiger partial charge is 0.295 e. The van der Waals surface area contributed by atoms with E-state index in [1.807, 2.05) is 12.3 Å². The van der Waals surface area contributed by atoms with E-state index in [2.05, 4.69) is 25.7 Å². The summed E-state index contributed by atoms with van der Waals surface area (Å²) < 4.78 is 5.62. The fourth-order valence-electron chi connectivity index (χ4n) is 2.17. The summed E-state index contributed by atoms with van der Waals surface area (Å²) in [6, 6.07) is 4.11. The summed E-state index contributed by atoms with van der Waals surface area (Å²) in [5.41, 5.74) is 0. The van der Waals surface area contributed by atoms with Gasteiger partial charge in [-0.15, -0.1) is 4.98 Å². The highest BCUT2D eigenvalue weighted by molar-refractivity contribution is 7.97. The summed E-state index contributed by atoms with van der Waals surface area (Å²) in [6.07, 6.45) is 5.52. The van der Waals surface area contributed by atoms with Gasteiger partial charge in [-0.25, -0.2) is 9.30 Å². The zero-order valence-electron chi connectivity index (χ0n) is 9.07. The Morgan fingerprint density at radius 3 is 3.38 bits per heavy atom. The second kappa shape index (κ2) is 4.43. The number of hydrogen-bond acceptors (Lipinski definition) is 4. The van der Waals surface area contributed by atoms with Crippen LogP contribution in [-0.4, -0.2) is 28.6 Å². The molecule has 16 heavy (non-hydrogen) atoms. The standard InChI is InChI=1S/C11H14N4S/c1-2-7-15-10(5-1)13-8-14-16-9-4-3-6-12-11(9)15/h3-4,6,14H,1-2,5,7-8H2/p+1. The van der Waals surface area contributed by atoms with E-state index in [0.29, 0.717) is 0 Å². The molecular weight excluding hydrogens is 220 g/mol. The molecule has 0 aliphatic carbocycles. The van der Waals surface area contributed by atoms with Gasteiger partial charge in [-0.1, -0.05) is 0 Å². The number of amidine groups is 1. The molecule has 0 bridgehead atoms. The number of pyridine rings is 1. The average Bonchev–Trinajstić information content (AvgIpc) is 2.33. The first-order valence-electron chi connectivity index (χ1n) is 5.67. The minimum Gasteiger partial charge on any atom is -0.295 e. The van der Waals surface area contributed by atoms with Crippen LogP contribution >= 0.6 is 11.9 Å². The lowest BCUT2D eigenvalue weighted by Crippen LogP contribution is -2.40. The minimum absolute atomic E-state index is 0.810. The number of fused-ring (bicyclic) bond motifs is 2. The van der Waals surface area contributed by atoms with Gasteiger partial charge in [-0.3, -0.25) is 5.32 Å². The fraction of sp³-hybridized carbons (Fsp3) is 0.455. The van der Waals surface area contributed by atoms with Gasteiger partial charge >= 0.3 is 0 Å². The molecule has 0 radical (unpaired) electrons. The molecule has 4 nitrogen and oxygen atoms in total. The molecule has 0 aromatic carbocycles. The monoisotopic (exact) mass is 235 g/mol. The molecule has 0 atom stereocenters. The van der Waals surface area contributed by atoms with Crippen LogP contribution in [0.1, 0.15) is 19.3 Å². The maximum absolute atomic E-state index is 4.51. The van der Waals surface area contributed by atoms with Crippen LogP contribution in [0.4, 0.5) is 5.82 Å². The quantitative estimate of drug-likeness (QED) is 0.527. The van der Waals surface area contributed by atoms with Crippen LogP contribution < -0.4 is 10.0 Å². The van der Waals surface area contributed by atoms with E-state index in [1.165, 1.54) is 23.6 Å². The predicted molar refractivity (Wildman–Crippen MR) is 64.9 cm³/mol. The van der Waals surface area contributed by atoms with E-state index in [0.717, 1.165) is 25.5 Å². The van der Waals surface area contributed by atoms with Gasteiger partial charge in [0.2, 0.25) is 0 Å². The van der Waals surface area contributed by atoms with Crippen molar-refractivity contribution < 1.29 is 4.58 Å². The highest BCUT2D eigenvalue weighted by atomic mass is 32.2. The fourth-order valence-corrected chi connectivity index (χ4v) is 2.87. The molecule has 1 aromatic heterocycles. The number of rotatable bonds is 0. The Bertz CT molecular complexity index is 430. The molecule has 3 rings (SSSR count). The van der Waals surface area contributed by atoms with Gasteiger partial charge < -0.3 is 0 Å². The van der Waals surface area contributed by atoms with Crippen molar-refractivity contribution in [2.45, 2.75) is 24.2 Å². The maximum Gasteiger partial charge on any atom is 0.277 e. The van der Waals surface area contributed by atoms with E-state index >= 15 is 0 Å². The Morgan fingerprint density at radius 1 is 1.38 bits per heavy atom. The van der Waals surface area contributed by atoms with Gasteiger partial charge in [0.1, 0.15) is 12.9 Å². The van der Waals surface area contributed by atoms with E-state index in [1.54, 1.807) is 11.9 Å². The van der Waals surface area contributed by atoms with Gasteiger partial charge in [-0.05, 0) is 36.9 Å².